The zero-order chi connectivity index (χ0) is 10.6. The molecule has 0 aliphatic carbocycles. The Bertz CT molecular complexity index is 281. The van der Waals surface area contributed by atoms with Gasteiger partial charge in [-0.1, -0.05) is 27.7 Å². The molecule has 1 unspecified atom stereocenters. The van der Waals surface area contributed by atoms with Crippen molar-refractivity contribution >= 4 is 0 Å². The summed E-state index contributed by atoms with van der Waals surface area (Å²) >= 11 is 0. The van der Waals surface area contributed by atoms with E-state index in [1.54, 1.807) is 12.4 Å². The van der Waals surface area contributed by atoms with Crippen molar-refractivity contribution in [1.29, 1.82) is 0 Å². The minimum absolute atomic E-state index is 0.525. The van der Waals surface area contributed by atoms with Crippen molar-refractivity contribution in [2.45, 2.75) is 46.5 Å². The summed E-state index contributed by atoms with van der Waals surface area (Å²) in [5.41, 5.74) is 2.36. The van der Waals surface area contributed by atoms with Gasteiger partial charge in [0.1, 0.15) is 0 Å². The molecule has 2 heteroatoms. The van der Waals surface area contributed by atoms with Gasteiger partial charge in [0.05, 0.1) is 11.4 Å². The van der Waals surface area contributed by atoms with Crippen LogP contribution >= 0.6 is 0 Å². The highest BCUT2D eigenvalue weighted by Crippen LogP contribution is 2.20. The molecule has 0 aliphatic heterocycles. The lowest BCUT2D eigenvalue weighted by atomic mass is 9.98. The Hall–Kier alpha value is -0.920. The van der Waals surface area contributed by atoms with Crippen molar-refractivity contribution in [3.8, 4) is 0 Å². The molecule has 0 aromatic carbocycles. The molecule has 0 aliphatic rings. The highest BCUT2D eigenvalue weighted by Gasteiger charge is 2.12. The summed E-state index contributed by atoms with van der Waals surface area (Å²) in [6.07, 6.45) is 5.76. The summed E-state index contributed by atoms with van der Waals surface area (Å²) in [7, 11) is 0. The van der Waals surface area contributed by atoms with Gasteiger partial charge >= 0.3 is 0 Å². The summed E-state index contributed by atoms with van der Waals surface area (Å²) < 4.78 is 0. The second-order valence-electron chi connectivity index (χ2n) is 4.30. The lowest BCUT2D eigenvalue weighted by Gasteiger charge is -2.13. The summed E-state index contributed by atoms with van der Waals surface area (Å²) in [5.74, 6) is 1.17. The normalized spacial score (nSPS) is 13.2. The molecular formula is C12H20N2. The van der Waals surface area contributed by atoms with Crippen LogP contribution in [0.1, 0.15) is 51.4 Å². The lowest BCUT2D eigenvalue weighted by molar-refractivity contribution is 0.606. The SMILES string of the molecule is CCC(C)c1nccnc1CC(C)C. The number of rotatable bonds is 4. The molecule has 2 nitrogen and oxygen atoms in total. The third-order valence-electron chi connectivity index (χ3n) is 2.49. The van der Waals surface area contributed by atoms with Crippen LogP contribution in [0, 0.1) is 5.92 Å². The minimum atomic E-state index is 0.525. The van der Waals surface area contributed by atoms with Crippen LogP contribution in [0.3, 0.4) is 0 Å². The van der Waals surface area contributed by atoms with E-state index >= 15 is 0 Å². The van der Waals surface area contributed by atoms with Gasteiger partial charge in [-0.15, -0.1) is 0 Å². The van der Waals surface area contributed by atoms with E-state index in [0.29, 0.717) is 11.8 Å². The average molecular weight is 192 g/mol. The smallest absolute Gasteiger partial charge is 0.0646 e. The number of aromatic nitrogens is 2. The zero-order valence-electron chi connectivity index (χ0n) is 9.62. The average Bonchev–Trinajstić information content (AvgIpc) is 2.16. The molecule has 0 amide bonds. The number of hydrogen-bond acceptors (Lipinski definition) is 2. The van der Waals surface area contributed by atoms with Gasteiger partial charge < -0.3 is 0 Å². The van der Waals surface area contributed by atoms with Crippen LogP contribution in [0.25, 0.3) is 0 Å². The van der Waals surface area contributed by atoms with Crippen molar-refractivity contribution in [2.75, 3.05) is 0 Å². The van der Waals surface area contributed by atoms with Gasteiger partial charge in [0.25, 0.3) is 0 Å². The molecule has 0 bridgehead atoms. The first kappa shape index (κ1) is 11.2. The molecule has 0 saturated heterocycles. The molecule has 0 spiro atoms. The third-order valence-corrected chi connectivity index (χ3v) is 2.49. The van der Waals surface area contributed by atoms with E-state index in [-0.39, 0.29) is 0 Å². The van der Waals surface area contributed by atoms with Crippen molar-refractivity contribution in [3.05, 3.63) is 23.8 Å². The topological polar surface area (TPSA) is 25.8 Å². The molecule has 0 N–H and O–H groups in total. The van der Waals surface area contributed by atoms with Crippen LogP contribution in [0.2, 0.25) is 0 Å². The fraction of sp³-hybridized carbons (Fsp3) is 0.667. The van der Waals surface area contributed by atoms with E-state index in [0.717, 1.165) is 12.8 Å². The molecule has 0 saturated carbocycles. The highest BCUT2D eigenvalue weighted by atomic mass is 14.8. The standard InChI is InChI=1S/C12H20N2/c1-5-10(4)12-11(8-9(2)3)13-6-7-14-12/h6-7,9-10H,5,8H2,1-4H3. The van der Waals surface area contributed by atoms with Crippen molar-refractivity contribution in [2.24, 2.45) is 5.92 Å². The quantitative estimate of drug-likeness (QED) is 0.732. The Morgan fingerprint density at radius 1 is 1.14 bits per heavy atom. The molecule has 1 aromatic rings. The van der Waals surface area contributed by atoms with E-state index in [9.17, 15) is 0 Å². The van der Waals surface area contributed by atoms with Crippen LogP contribution in [0.4, 0.5) is 0 Å². The maximum atomic E-state index is 4.44. The van der Waals surface area contributed by atoms with E-state index in [1.165, 1.54) is 11.4 Å². The van der Waals surface area contributed by atoms with Crippen LogP contribution in [-0.4, -0.2) is 9.97 Å². The Morgan fingerprint density at radius 2 is 1.79 bits per heavy atom. The van der Waals surface area contributed by atoms with Crippen molar-refractivity contribution in [3.63, 3.8) is 0 Å². The van der Waals surface area contributed by atoms with Gasteiger partial charge in [-0.25, -0.2) is 0 Å². The van der Waals surface area contributed by atoms with E-state index in [4.69, 9.17) is 0 Å². The summed E-state index contributed by atoms with van der Waals surface area (Å²) in [4.78, 5) is 8.87. The van der Waals surface area contributed by atoms with Crippen LogP contribution in [-0.2, 0) is 6.42 Å². The first-order valence-corrected chi connectivity index (χ1v) is 5.44. The predicted molar refractivity (Wildman–Crippen MR) is 59.3 cm³/mol. The Balaban J connectivity index is 2.91. The highest BCUT2D eigenvalue weighted by molar-refractivity contribution is 5.15. The molecule has 0 fully saturated rings. The van der Waals surface area contributed by atoms with Gasteiger partial charge in [-0.3, -0.25) is 9.97 Å². The Labute approximate surface area is 86.8 Å². The van der Waals surface area contributed by atoms with Crippen molar-refractivity contribution in [1.82, 2.24) is 9.97 Å². The molecular weight excluding hydrogens is 172 g/mol. The first-order valence-electron chi connectivity index (χ1n) is 5.44. The molecule has 1 rings (SSSR count). The van der Waals surface area contributed by atoms with E-state index < -0.39 is 0 Å². The zero-order valence-corrected chi connectivity index (χ0v) is 9.62. The van der Waals surface area contributed by atoms with E-state index in [2.05, 4.69) is 37.7 Å². The Morgan fingerprint density at radius 3 is 2.36 bits per heavy atom. The maximum Gasteiger partial charge on any atom is 0.0646 e. The molecule has 1 atom stereocenters. The second-order valence-corrected chi connectivity index (χ2v) is 4.30. The van der Waals surface area contributed by atoms with Crippen molar-refractivity contribution < 1.29 is 0 Å². The van der Waals surface area contributed by atoms with Gasteiger partial charge in [0.15, 0.2) is 0 Å². The number of nitrogens with zero attached hydrogens (tertiary/aromatic N) is 2. The second kappa shape index (κ2) is 5.08. The first-order chi connectivity index (χ1) is 6.65. The fourth-order valence-corrected chi connectivity index (χ4v) is 1.53. The lowest BCUT2D eigenvalue weighted by Crippen LogP contribution is -2.07. The third kappa shape index (κ3) is 2.79. The predicted octanol–water partition coefficient (Wildman–Crippen LogP) is 3.19. The fourth-order valence-electron chi connectivity index (χ4n) is 1.53. The molecule has 14 heavy (non-hydrogen) atoms. The summed E-state index contributed by atoms with van der Waals surface area (Å²) in [6, 6.07) is 0. The van der Waals surface area contributed by atoms with Gasteiger partial charge in [0.2, 0.25) is 0 Å². The largest absolute Gasteiger partial charge is 0.258 e. The molecule has 78 valence electrons. The summed E-state index contributed by atoms with van der Waals surface area (Å²) in [5, 5.41) is 0. The van der Waals surface area contributed by atoms with Crippen LogP contribution < -0.4 is 0 Å². The van der Waals surface area contributed by atoms with Crippen LogP contribution in [0.15, 0.2) is 12.4 Å². The maximum absolute atomic E-state index is 4.44. The van der Waals surface area contributed by atoms with E-state index in [1.807, 2.05) is 0 Å². The molecule has 1 heterocycles. The summed E-state index contributed by atoms with van der Waals surface area (Å²) in [6.45, 7) is 8.84. The number of hydrogen-bond donors (Lipinski definition) is 0. The van der Waals surface area contributed by atoms with Gasteiger partial charge in [0, 0.05) is 12.4 Å². The van der Waals surface area contributed by atoms with Gasteiger partial charge in [-0.2, -0.15) is 0 Å². The Kier molecular flexibility index (Phi) is 4.05. The molecule has 1 aromatic heterocycles. The van der Waals surface area contributed by atoms with Crippen LogP contribution in [0.5, 0.6) is 0 Å². The molecule has 0 radical (unpaired) electrons. The van der Waals surface area contributed by atoms with Gasteiger partial charge in [-0.05, 0) is 24.7 Å². The minimum Gasteiger partial charge on any atom is -0.258 e. The monoisotopic (exact) mass is 192 g/mol.